The fraction of sp³-hybridized carbons (Fsp3) is 0.727. The minimum Gasteiger partial charge on any atom is -0.489 e. The molecule has 2 aliphatic rings. The van der Waals surface area contributed by atoms with Crippen molar-refractivity contribution in [3.05, 3.63) is 29.8 Å². The Morgan fingerprint density at radius 1 is 1.08 bits per heavy atom. The zero-order valence-electron chi connectivity index (χ0n) is 17.3. The van der Waals surface area contributed by atoms with Gasteiger partial charge in [-0.05, 0) is 71.7 Å². The number of rotatable bonds is 4. The Hall–Kier alpha value is -1.10. The van der Waals surface area contributed by atoms with E-state index in [4.69, 9.17) is 4.74 Å². The first-order valence-electron chi connectivity index (χ1n) is 10.3. The molecule has 2 unspecified atom stereocenters. The van der Waals surface area contributed by atoms with E-state index in [1.165, 1.54) is 18.5 Å². The van der Waals surface area contributed by atoms with Gasteiger partial charge in [-0.25, -0.2) is 0 Å². The molecule has 2 saturated heterocycles. The van der Waals surface area contributed by atoms with Crippen molar-refractivity contribution in [3.63, 3.8) is 0 Å². The summed E-state index contributed by atoms with van der Waals surface area (Å²) < 4.78 is 6.31. The third-order valence-corrected chi connectivity index (χ3v) is 5.85. The Morgan fingerprint density at radius 3 is 2.46 bits per heavy atom. The molecule has 3 rings (SSSR count). The monoisotopic (exact) mass is 359 g/mol. The summed E-state index contributed by atoms with van der Waals surface area (Å²) in [5.41, 5.74) is 1.59. The van der Waals surface area contributed by atoms with Gasteiger partial charge in [-0.2, -0.15) is 0 Å². The smallest absolute Gasteiger partial charge is 0.119 e. The number of nitrogens with one attached hydrogen (secondary N) is 1. The molecule has 2 heterocycles. The molecular formula is C22H37N3O. The molecule has 4 nitrogen and oxygen atoms in total. The van der Waals surface area contributed by atoms with Crippen LogP contribution in [-0.4, -0.2) is 60.2 Å². The topological polar surface area (TPSA) is 27.7 Å². The highest BCUT2D eigenvalue weighted by Crippen LogP contribution is 2.25. The van der Waals surface area contributed by atoms with E-state index in [-0.39, 0.29) is 5.54 Å². The molecular weight excluding hydrogens is 322 g/mol. The molecule has 4 heteroatoms. The van der Waals surface area contributed by atoms with Crippen molar-refractivity contribution < 1.29 is 4.74 Å². The lowest BCUT2D eigenvalue weighted by molar-refractivity contribution is 0.0346. The fourth-order valence-corrected chi connectivity index (χ4v) is 4.08. The van der Waals surface area contributed by atoms with Crippen molar-refractivity contribution in [1.82, 2.24) is 15.1 Å². The van der Waals surface area contributed by atoms with Crippen LogP contribution in [-0.2, 0) is 0 Å². The molecule has 0 bridgehead atoms. The minimum atomic E-state index is 0.223. The maximum absolute atomic E-state index is 6.31. The molecule has 1 N–H and O–H groups in total. The van der Waals surface area contributed by atoms with Gasteiger partial charge in [-0.15, -0.1) is 0 Å². The van der Waals surface area contributed by atoms with Crippen LogP contribution in [0.5, 0.6) is 5.75 Å². The molecule has 0 saturated carbocycles. The molecule has 1 aromatic rings. The van der Waals surface area contributed by atoms with E-state index >= 15 is 0 Å². The van der Waals surface area contributed by atoms with Gasteiger partial charge in [0.15, 0.2) is 0 Å². The molecule has 0 radical (unpaired) electrons. The highest BCUT2D eigenvalue weighted by atomic mass is 16.5. The summed E-state index contributed by atoms with van der Waals surface area (Å²) in [6.07, 6.45) is 2.68. The maximum atomic E-state index is 6.31. The lowest BCUT2D eigenvalue weighted by Gasteiger charge is -2.41. The normalized spacial score (nSPS) is 26.2. The predicted octanol–water partition coefficient (Wildman–Crippen LogP) is 3.68. The lowest BCUT2D eigenvalue weighted by atomic mass is 9.99. The first-order valence-corrected chi connectivity index (χ1v) is 10.3. The van der Waals surface area contributed by atoms with Gasteiger partial charge in [0.25, 0.3) is 0 Å². The van der Waals surface area contributed by atoms with Gasteiger partial charge in [-0.3, -0.25) is 9.80 Å². The minimum absolute atomic E-state index is 0.223. The number of hydrogen-bond acceptors (Lipinski definition) is 4. The van der Waals surface area contributed by atoms with Gasteiger partial charge in [0.2, 0.25) is 0 Å². The molecule has 26 heavy (non-hydrogen) atoms. The second-order valence-electron chi connectivity index (χ2n) is 9.16. The largest absolute Gasteiger partial charge is 0.489 e. The molecule has 0 spiro atoms. The summed E-state index contributed by atoms with van der Waals surface area (Å²) in [5, 5.41) is 3.65. The second-order valence-corrected chi connectivity index (χ2v) is 9.16. The van der Waals surface area contributed by atoms with Gasteiger partial charge in [-0.1, -0.05) is 12.1 Å². The first-order chi connectivity index (χ1) is 12.3. The van der Waals surface area contributed by atoms with Crippen LogP contribution >= 0.6 is 0 Å². The van der Waals surface area contributed by atoms with E-state index in [0.717, 1.165) is 38.3 Å². The molecule has 2 atom stereocenters. The Morgan fingerprint density at radius 2 is 1.81 bits per heavy atom. The lowest BCUT2D eigenvalue weighted by Crippen LogP contribution is -2.50. The van der Waals surface area contributed by atoms with E-state index in [0.29, 0.717) is 18.2 Å². The number of benzene rings is 1. The van der Waals surface area contributed by atoms with Crippen molar-refractivity contribution in [2.45, 2.75) is 71.2 Å². The highest BCUT2D eigenvalue weighted by Gasteiger charge is 2.29. The first kappa shape index (κ1) is 19.7. The van der Waals surface area contributed by atoms with Crippen LogP contribution in [0, 0.1) is 0 Å². The number of piperidine rings is 1. The molecule has 0 aliphatic carbocycles. The molecule has 0 aromatic heterocycles. The van der Waals surface area contributed by atoms with Crippen molar-refractivity contribution in [3.8, 4) is 5.75 Å². The summed E-state index contributed by atoms with van der Waals surface area (Å²) in [6, 6.07) is 9.82. The van der Waals surface area contributed by atoms with Gasteiger partial charge in [0.1, 0.15) is 11.9 Å². The van der Waals surface area contributed by atoms with Gasteiger partial charge < -0.3 is 10.1 Å². The van der Waals surface area contributed by atoms with Crippen molar-refractivity contribution >= 4 is 0 Å². The summed E-state index contributed by atoms with van der Waals surface area (Å²) >= 11 is 0. The number of likely N-dealkylation sites (tertiary alicyclic amines) is 1. The van der Waals surface area contributed by atoms with Gasteiger partial charge in [0.05, 0.1) is 0 Å². The Labute approximate surface area is 159 Å². The van der Waals surface area contributed by atoms with Crippen LogP contribution in [0.1, 0.15) is 59.1 Å². The standard InChI is InChI=1S/C22H37N3O/c1-17(2)24-14-12-23-21(16-24)18-8-10-19(11-9-18)26-20-7-6-13-25(15-20)22(3,4)5/h8-11,17,20-21,23H,6-7,12-16H2,1-5H3. The maximum Gasteiger partial charge on any atom is 0.119 e. The van der Waals surface area contributed by atoms with Crippen molar-refractivity contribution in [2.75, 3.05) is 32.7 Å². The van der Waals surface area contributed by atoms with E-state index in [2.05, 4.69) is 74.0 Å². The number of ether oxygens (including phenoxy) is 1. The van der Waals surface area contributed by atoms with Crippen molar-refractivity contribution in [2.24, 2.45) is 0 Å². The van der Waals surface area contributed by atoms with Gasteiger partial charge in [0, 0.05) is 43.8 Å². The zero-order valence-corrected chi connectivity index (χ0v) is 17.3. The fourth-order valence-electron chi connectivity index (χ4n) is 4.08. The van der Waals surface area contributed by atoms with Crippen molar-refractivity contribution in [1.29, 1.82) is 0 Å². The highest BCUT2D eigenvalue weighted by molar-refractivity contribution is 5.30. The molecule has 0 amide bonds. The van der Waals surface area contributed by atoms with E-state index in [1.807, 2.05) is 0 Å². The Balaban J connectivity index is 1.58. The van der Waals surface area contributed by atoms with Crippen LogP contribution < -0.4 is 10.1 Å². The van der Waals surface area contributed by atoms with Crippen LogP contribution in [0.25, 0.3) is 0 Å². The van der Waals surface area contributed by atoms with Crippen LogP contribution in [0.3, 0.4) is 0 Å². The van der Waals surface area contributed by atoms with E-state index in [9.17, 15) is 0 Å². The third kappa shape index (κ3) is 4.99. The third-order valence-electron chi connectivity index (χ3n) is 5.85. The van der Waals surface area contributed by atoms with Crippen LogP contribution in [0.2, 0.25) is 0 Å². The quantitative estimate of drug-likeness (QED) is 0.887. The Kier molecular flexibility index (Phi) is 6.26. The number of hydrogen-bond donors (Lipinski definition) is 1. The zero-order chi connectivity index (χ0) is 18.7. The number of nitrogens with zero attached hydrogens (tertiary/aromatic N) is 2. The molecule has 1 aromatic carbocycles. The SMILES string of the molecule is CC(C)N1CCNC(c2ccc(OC3CCCN(C(C)(C)C)C3)cc2)C1. The number of piperazine rings is 1. The second kappa shape index (κ2) is 8.28. The van der Waals surface area contributed by atoms with E-state index in [1.54, 1.807) is 0 Å². The van der Waals surface area contributed by atoms with Crippen LogP contribution in [0.4, 0.5) is 0 Å². The molecule has 146 valence electrons. The Bertz CT molecular complexity index is 564. The summed E-state index contributed by atoms with van der Waals surface area (Å²) in [7, 11) is 0. The van der Waals surface area contributed by atoms with Crippen LogP contribution in [0.15, 0.2) is 24.3 Å². The average Bonchev–Trinajstić information content (AvgIpc) is 2.62. The van der Waals surface area contributed by atoms with Gasteiger partial charge >= 0.3 is 0 Å². The van der Waals surface area contributed by atoms with E-state index < -0.39 is 0 Å². The molecule has 2 aliphatic heterocycles. The summed E-state index contributed by atoms with van der Waals surface area (Å²) in [4.78, 5) is 5.09. The molecule has 2 fully saturated rings. The summed E-state index contributed by atoms with van der Waals surface area (Å²) in [5.74, 6) is 1.01. The predicted molar refractivity (Wildman–Crippen MR) is 109 cm³/mol. The average molecular weight is 360 g/mol. The summed E-state index contributed by atoms with van der Waals surface area (Å²) in [6.45, 7) is 16.9.